The van der Waals surface area contributed by atoms with Crippen LogP contribution in [0.2, 0.25) is 0 Å². The largest absolute Gasteiger partial charge is 0.472 e. The van der Waals surface area contributed by atoms with Crippen LogP contribution in [-0.4, -0.2) is 19.1 Å². The van der Waals surface area contributed by atoms with Crippen molar-refractivity contribution >= 4 is 5.97 Å². The van der Waals surface area contributed by atoms with Gasteiger partial charge >= 0.3 is 5.97 Å². The Morgan fingerprint density at radius 2 is 2.58 bits per heavy atom. The summed E-state index contributed by atoms with van der Waals surface area (Å²) in [5.74, 6) is -0.406. The van der Waals surface area contributed by atoms with Gasteiger partial charge in [0.2, 0.25) is 0 Å². The molecular weight excluding hydrogens is 158 g/mol. The molecule has 4 nitrogen and oxygen atoms in total. The molecule has 0 aliphatic carbocycles. The monoisotopic (exact) mass is 169 g/mol. The van der Waals surface area contributed by atoms with Crippen LogP contribution in [0.25, 0.3) is 0 Å². The lowest BCUT2D eigenvalue weighted by Gasteiger charge is -2.06. The van der Waals surface area contributed by atoms with Crippen molar-refractivity contribution in [2.75, 3.05) is 7.11 Å². The first-order valence-corrected chi connectivity index (χ1v) is 3.58. The molecule has 0 saturated heterocycles. The highest BCUT2D eigenvalue weighted by atomic mass is 16.5. The standard InChI is InChI=1S/C8H11NO3/c1-11-8(10)7(9)4-6-2-3-12-5-6/h2-3,5,7H,4,9H2,1H3. The zero-order chi connectivity index (χ0) is 8.97. The van der Waals surface area contributed by atoms with Gasteiger partial charge in [0.15, 0.2) is 0 Å². The van der Waals surface area contributed by atoms with Crippen molar-refractivity contribution in [1.82, 2.24) is 0 Å². The van der Waals surface area contributed by atoms with E-state index in [2.05, 4.69) is 4.74 Å². The van der Waals surface area contributed by atoms with E-state index in [-0.39, 0.29) is 0 Å². The molecule has 1 aromatic heterocycles. The van der Waals surface area contributed by atoms with E-state index < -0.39 is 12.0 Å². The van der Waals surface area contributed by atoms with Crippen molar-refractivity contribution in [3.8, 4) is 0 Å². The highest BCUT2D eigenvalue weighted by Gasteiger charge is 2.14. The summed E-state index contributed by atoms with van der Waals surface area (Å²) >= 11 is 0. The van der Waals surface area contributed by atoms with E-state index in [1.165, 1.54) is 7.11 Å². The van der Waals surface area contributed by atoms with Crippen LogP contribution in [0.4, 0.5) is 0 Å². The third-order valence-corrected chi connectivity index (χ3v) is 1.54. The van der Waals surface area contributed by atoms with Crippen LogP contribution in [0.3, 0.4) is 0 Å². The summed E-state index contributed by atoms with van der Waals surface area (Å²) in [6, 6.07) is 1.16. The molecule has 12 heavy (non-hydrogen) atoms. The van der Waals surface area contributed by atoms with E-state index in [0.717, 1.165) is 5.56 Å². The first-order valence-electron chi connectivity index (χ1n) is 3.58. The lowest BCUT2D eigenvalue weighted by Crippen LogP contribution is -2.33. The Balaban J connectivity index is 2.47. The Kier molecular flexibility index (Phi) is 2.88. The molecule has 0 spiro atoms. The van der Waals surface area contributed by atoms with Gasteiger partial charge in [-0.2, -0.15) is 0 Å². The summed E-state index contributed by atoms with van der Waals surface area (Å²) in [6.45, 7) is 0. The van der Waals surface area contributed by atoms with E-state index in [0.29, 0.717) is 6.42 Å². The van der Waals surface area contributed by atoms with Crippen LogP contribution in [-0.2, 0) is 16.0 Å². The number of furan rings is 1. The van der Waals surface area contributed by atoms with E-state index >= 15 is 0 Å². The van der Waals surface area contributed by atoms with Gasteiger partial charge in [0.25, 0.3) is 0 Å². The van der Waals surface area contributed by atoms with Crippen molar-refractivity contribution < 1.29 is 13.9 Å². The molecule has 2 N–H and O–H groups in total. The Labute approximate surface area is 70.3 Å². The number of esters is 1. The number of nitrogens with two attached hydrogens (primary N) is 1. The van der Waals surface area contributed by atoms with Crippen LogP contribution < -0.4 is 5.73 Å². The Bertz CT molecular complexity index is 243. The second kappa shape index (κ2) is 3.92. The minimum absolute atomic E-state index is 0.406. The van der Waals surface area contributed by atoms with Gasteiger partial charge in [-0.3, -0.25) is 4.79 Å². The SMILES string of the molecule is COC(=O)C(N)Cc1ccoc1. The minimum Gasteiger partial charge on any atom is -0.472 e. The highest BCUT2D eigenvalue weighted by molar-refractivity contribution is 5.75. The number of carbonyl (C=O) groups excluding carboxylic acids is 1. The molecule has 1 heterocycles. The molecule has 1 atom stereocenters. The van der Waals surface area contributed by atoms with Gasteiger partial charge < -0.3 is 14.9 Å². The van der Waals surface area contributed by atoms with Gasteiger partial charge in [-0.25, -0.2) is 0 Å². The molecule has 0 aromatic carbocycles. The van der Waals surface area contributed by atoms with Gasteiger partial charge in [-0.15, -0.1) is 0 Å². The number of hydrogen-bond acceptors (Lipinski definition) is 4. The van der Waals surface area contributed by atoms with E-state index in [1.54, 1.807) is 18.6 Å². The second-order valence-electron chi connectivity index (χ2n) is 2.47. The summed E-state index contributed by atoms with van der Waals surface area (Å²) in [5.41, 5.74) is 6.40. The van der Waals surface area contributed by atoms with Crippen molar-refractivity contribution in [3.63, 3.8) is 0 Å². The van der Waals surface area contributed by atoms with Crippen LogP contribution in [0.15, 0.2) is 23.0 Å². The Hall–Kier alpha value is -1.29. The van der Waals surface area contributed by atoms with Gasteiger partial charge in [0.1, 0.15) is 6.04 Å². The molecule has 0 aliphatic rings. The first-order chi connectivity index (χ1) is 5.74. The maximum Gasteiger partial charge on any atom is 0.322 e. The van der Waals surface area contributed by atoms with Gasteiger partial charge in [0.05, 0.1) is 19.6 Å². The van der Waals surface area contributed by atoms with Crippen LogP contribution in [0, 0.1) is 0 Å². The maximum absolute atomic E-state index is 10.9. The quantitative estimate of drug-likeness (QED) is 0.662. The Morgan fingerprint density at radius 3 is 3.08 bits per heavy atom. The number of carbonyl (C=O) groups is 1. The fourth-order valence-corrected chi connectivity index (χ4v) is 0.897. The second-order valence-corrected chi connectivity index (χ2v) is 2.47. The molecule has 0 aliphatic heterocycles. The average Bonchev–Trinajstić information content (AvgIpc) is 2.55. The number of methoxy groups -OCH3 is 1. The molecule has 1 aromatic rings. The van der Waals surface area contributed by atoms with E-state index in [9.17, 15) is 4.79 Å². The third kappa shape index (κ3) is 2.10. The van der Waals surface area contributed by atoms with Crippen molar-refractivity contribution in [3.05, 3.63) is 24.2 Å². The average molecular weight is 169 g/mol. The van der Waals surface area contributed by atoms with Crippen LogP contribution >= 0.6 is 0 Å². The predicted octanol–water partition coefficient (Wildman–Crippen LogP) is 0.322. The van der Waals surface area contributed by atoms with Crippen LogP contribution in [0.1, 0.15) is 5.56 Å². The lowest BCUT2D eigenvalue weighted by molar-refractivity contribution is -0.142. The number of hydrogen-bond donors (Lipinski definition) is 1. The highest BCUT2D eigenvalue weighted by Crippen LogP contribution is 2.03. The van der Waals surface area contributed by atoms with Crippen molar-refractivity contribution in [1.29, 1.82) is 0 Å². The summed E-state index contributed by atoms with van der Waals surface area (Å²) in [5, 5.41) is 0. The molecule has 66 valence electrons. The lowest BCUT2D eigenvalue weighted by atomic mass is 10.1. The summed E-state index contributed by atoms with van der Waals surface area (Å²) in [4.78, 5) is 10.9. The predicted molar refractivity (Wildman–Crippen MR) is 42.4 cm³/mol. The third-order valence-electron chi connectivity index (χ3n) is 1.54. The van der Waals surface area contributed by atoms with E-state index in [1.807, 2.05) is 0 Å². The van der Waals surface area contributed by atoms with E-state index in [4.69, 9.17) is 10.2 Å². The molecule has 4 heteroatoms. The zero-order valence-corrected chi connectivity index (χ0v) is 6.82. The minimum atomic E-state index is -0.604. The van der Waals surface area contributed by atoms with Gasteiger partial charge in [-0.1, -0.05) is 0 Å². The fourth-order valence-electron chi connectivity index (χ4n) is 0.897. The molecule has 0 fully saturated rings. The zero-order valence-electron chi connectivity index (χ0n) is 6.82. The number of ether oxygens (including phenoxy) is 1. The van der Waals surface area contributed by atoms with Gasteiger partial charge in [0, 0.05) is 6.42 Å². The normalized spacial score (nSPS) is 12.5. The Morgan fingerprint density at radius 1 is 1.83 bits per heavy atom. The molecule has 0 bridgehead atoms. The fraction of sp³-hybridized carbons (Fsp3) is 0.375. The topological polar surface area (TPSA) is 65.5 Å². The molecule has 1 unspecified atom stereocenters. The van der Waals surface area contributed by atoms with Gasteiger partial charge in [-0.05, 0) is 11.6 Å². The summed E-state index contributed by atoms with van der Waals surface area (Å²) < 4.78 is 9.29. The molecule has 0 amide bonds. The maximum atomic E-state index is 10.9. The smallest absolute Gasteiger partial charge is 0.322 e. The molecular formula is C8H11NO3. The molecule has 1 rings (SSSR count). The summed E-state index contributed by atoms with van der Waals surface area (Å²) in [7, 11) is 1.32. The summed E-state index contributed by atoms with van der Waals surface area (Å²) in [6.07, 6.45) is 3.55. The van der Waals surface area contributed by atoms with Crippen molar-refractivity contribution in [2.24, 2.45) is 5.73 Å². The first kappa shape index (κ1) is 8.80. The van der Waals surface area contributed by atoms with Crippen LogP contribution in [0.5, 0.6) is 0 Å². The molecule has 0 saturated carbocycles. The number of rotatable bonds is 3. The molecule has 0 radical (unpaired) electrons. The van der Waals surface area contributed by atoms with Crippen molar-refractivity contribution in [2.45, 2.75) is 12.5 Å².